The second-order valence-electron chi connectivity index (χ2n) is 20.2. The van der Waals surface area contributed by atoms with Gasteiger partial charge in [0.2, 0.25) is 0 Å². The third-order valence-corrected chi connectivity index (χ3v) is 13.4. The van der Waals surface area contributed by atoms with Crippen molar-refractivity contribution in [2.45, 2.75) is 159 Å². The van der Waals surface area contributed by atoms with Crippen LogP contribution in [0.5, 0.6) is 46.0 Å². The zero-order chi connectivity index (χ0) is 50.3. The molecule has 0 atom stereocenters. The van der Waals surface area contributed by atoms with E-state index < -0.39 is 23.7 Å². The van der Waals surface area contributed by atoms with E-state index in [2.05, 4.69) is 0 Å². The Hall–Kier alpha value is -4.88. The van der Waals surface area contributed by atoms with Gasteiger partial charge in [0.25, 0.3) is 0 Å². The fourth-order valence-electron chi connectivity index (χ4n) is 10.1. The van der Waals surface area contributed by atoms with Crippen LogP contribution in [0, 0.1) is 23.7 Å². The number of aromatic hydroxyl groups is 8. The van der Waals surface area contributed by atoms with E-state index in [0.29, 0.717) is 70.2 Å². The summed E-state index contributed by atoms with van der Waals surface area (Å²) in [7, 11) is 0. The fourth-order valence-corrected chi connectivity index (χ4v) is 10.1. The maximum absolute atomic E-state index is 12.5. The van der Waals surface area contributed by atoms with Crippen molar-refractivity contribution in [2.75, 3.05) is 26.4 Å². The highest BCUT2D eigenvalue weighted by molar-refractivity contribution is 5.67. The number of phenols is 8. The quantitative estimate of drug-likeness (QED) is 0.0418. The summed E-state index contributed by atoms with van der Waals surface area (Å²) in [6.45, 7) is 24.2. The van der Waals surface area contributed by atoms with Crippen LogP contribution in [0.4, 0.5) is 0 Å². The monoisotopic (exact) mass is 945 g/mol. The lowest BCUT2D eigenvalue weighted by Gasteiger charge is -2.32. The van der Waals surface area contributed by atoms with Crippen molar-refractivity contribution in [3.05, 3.63) is 91.0 Å². The molecule has 5 rings (SSSR count). The highest BCUT2D eigenvalue weighted by atomic mass is 16.5. The average Bonchev–Trinajstić information content (AvgIpc) is 3.26. The molecular weight excluding hydrogens is 865 g/mol. The normalized spacial score (nSPS) is 17.3. The van der Waals surface area contributed by atoms with E-state index in [9.17, 15) is 40.9 Å². The topological polar surface area (TPSA) is 199 Å². The van der Waals surface area contributed by atoms with E-state index in [4.69, 9.17) is 18.9 Å². The van der Waals surface area contributed by atoms with Gasteiger partial charge in [-0.15, -0.1) is 0 Å². The molecule has 0 spiro atoms. The molecule has 8 N–H and O–H groups in total. The Morgan fingerprint density at radius 1 is 0.309 bits per heavy atom. The molecule has 0 fully saturated rings. The summed E-state index contributed by atoms with van der Waals surface area (Å²) in [6.07, 6.45) is 1.61. The lowest BCUT2D eigenvalue weighted by atomic mass is 9.73. The van der Waals surface area contributed by atoms with Gasteiger partial charge in [0.05, 0.1) is 48.7 Å². The largest absolute Gasteiger partial charge is 0.507 e. The molecule has 1 aliphatic rings. The van der Waals surface area contributed by atoms with Crippen LogP contribution in [0.2, 0.25) is 0 Å². The standard InChI is InChI=1S/C56H80O12/c1-13-65-25-45-49(57)37-21-38(50(45)58)34(18-30(7)8)40-23-42(54(62)47(52(40)60)27-67-15-3)36(20-32(11)12)44-24-43(55(63)48(56(44)64)28-68-16-4)35(19-31(9)10)41-22-39(33(37)17-29(5)6)51(59)46(53(41)61)26-66-14-2/h21-24,29-36,57-64H,13-20,25-28H2,1-12H3. The lowest BCUT2D eigenvalue weighted by Crippen LogP contribution is -2.16. The zero-order valence-corrected chi connectivity index (χ0v) is 42.6. The van der Waals surface area contributed by atoms with Gasteiger partial charge >= 0.3 is 0 Å². The van der Waals surface area contributed by atoms with Crippen LogP contribution in [0.15, 0.2) is 24.3 Å². The van der Waals surface area contributed by atoms with E-state index in [1.54, 1.807) is 24.3 Å². The molecular formula is C56H80O12. The summed E-state index contributed by atoms with van der Waals surface area (Å²) < 4.78 is 23.7. The Morgan fingerprint density at radius 3 is 0.574 bits per heavy atom. The first-order valence-corrected chi connectivity index (χ1v) is 24.8. The van der Waals surface area contributed by atoms with Gasteiger partial charge < -0.3 is 59.8 Å². The highest BCUT2D eigenvalue weighted by Crippen LogP contribution is 2.56. The van der Waals surface area contributed by atoms with Crippen molar-refractivity contribution in [1.29, 1.82) is 0 Å². The number of rotatable bonds is 20. The molecule has 4 aromatic rings. The van der Waals surface area contributed by atoms with Crippen molar-refractivity contribution in [2.24, 2.45) is 23.7 Å². The van der Waals surface area contributed by atoms with Crippen LogP contribution in [-0.4, -0.2) is 67.3 Å². The SMILES string of the molecule is CCOCc1c(O)c2cc(c1O)C(CC(C)C)c1cc(c(O)c(COCC)c1O)C(CC(C)C)c1cc(c(O)c(COCC)c1O)C(CC(C)C)c1cc(c(O)c(COCC)c1O)C2CC(C)C. The first-order valence-electron chi connectivity index (χ1n) is 24.8. The predicted octanol–water partition coefficient (Wildman–Crippen LogP) is 12.5. The molecule has 1 aliphatic carbocycles. The van der Waals surface area contributed by atoms with E-state index in [1.807, 2.05) is 83.1 Å². The molecule has 0 amide bonds. The van der Waals surface area contributed by atoms with E-state index in [1.165, 1.54) is 0 Å². The van der Waals surface area contributed by atoms with Crippen molar-refractivity contribution < 1.29 is 59.8 Å². The van der Waals surface area contributed by atoms with Gasteiger partial charge in [-0.1, -0.05) is 55.4 Å². The summed E-state index contributed by atoms with van der Waals surface area (Å²) >= 11 is 0. The van der Waals surface area contributed by atoms with Gasteiger partial charge in [0, 0.05) is 94.6 Å². The Labute approximate surface area is 404 Å². The minimum absolute atomic E-state index is 0.00458. The minimum Gasteiger partial charge on any atom is -0.507 e. The van der Waals surface area contributed by atoms with Gasteiger partial charge in [0.15, 0.2) is 0 Å². The molecule has 0 aromatic heterocycles. The number of benzene rings is 4. The van der Waals surface area contributed by atoms with Gasteiger partial charge in [-0.05, 0) is 101 Å². The zero-order valence-electron chi connectivity index (χ0n) is 42.6. The molecule has 0 saturated carbocycles. The third kappa shape index (κ3) is 11.4. The van der Waals surface area contributed by atoms with Gasteiger partial charge in [-0.25, -0.2) is 0 Å². The molecule has 68 heavy (non-hydrogen) atoms. The van der Waals surface area contributed by atoms with Crippen molar-refractivity contribution in [3.63, 3.8) is 0 Å². The van der Waals surface area contributed by atoms with Crippen LogP contribution in [0.1, 0.15) is 199 Å². The van der Waals surface area contributed by atoms with Gasteiger partial charge in [-0.3, -0.25) is 0 Å². The van der Waals surface area contributed by atoms with Crippen molar-refractivity contribution in [3.8, 4) is 46.0 Å². The molecule has 8 bridgehead atoms. The molecule has 4 aromatic carbocycles. The van der Waals surface area contributed by atoms with Crippen LogP contribution in [0.25, 0.3) is 0 Å². The number of ether oxygens (including phenoxy) is 4. The molecule has 0 heterocycles. The van der Waals surface area contributed by atoms with E-state index in [-0.39, 0.29) is 145 Å². The van der Waals surface area contributed by atoms with E-state index in [0.717, 1.165) is 0 Å². The third-order valence-electron chi connectivity index (χ3n) is 13.4. The highest BCUT2D eigenvalue weighted by Gasteiger charge is 2.38. The Balaban J connectivity index is 2.19. The summed E-state index contributed by atoms with van der Waals surface area (Å²) in [6, 6.07) is 7.08. The summed E-state index contributed by atoms with van der Waals surface area (Å²) in [5.41, 5.74) is 3.77. The van der Waals surface area contributed by atoms with Crippen LogP contribution < -0.4 is 0 Å². The average molecular weight is 945 g/mol. The summed E-state index contributed by atoms with van der Waals surface area (Å²) in [5, 5.41) is 100. The molecule has 376 valence electrons. The molecule has 0 unspecified atom stereocenters. The molecule has 0 aliphatic heterocycles. The van der Waals surface area contributed by atoms with Crippen LogP contribution >= 0.6 is 0 Å². The molecule has 0 radical (unpaired) electrons. The molecule has 0 saturated heterocycles. The van der Waals surface area contributed by atoms with Gasteiger partial charge in [0.1, 0.15) is 46.0 Å². The minimum atomic E-state index is -0.743. The van der Waals surface area contributed by atoms with Crippen LogP contribution in [0.3, 0.4) is 0 Å². The Kier molecular flexibility index (Phi) is 18.8. The number of phenolic OH excluding ortho intramolecular Hbond substituents is 8. The van der Waals surface area contributed by atoms with E-state index >= 15 is 0 Å². The second kappa shape index (κ2) is 23.6. The number of hydrogen-bond acceptors (Lipinski definition) is 12. The first kappa shape index (κ1) is 54.1. The van der Waals surface area contributed by atoms with Gasteiger partial charge in [-0.2, -0.15) is 0 Å². The number of fused-ring (bicyclic) bond motifs is 8. The second-order valence-corrected chi connectivity index (χ2v) is 20.2. The maximum atomic E-state index is 12.5. The number of hydrogen-bond donors (Lipinski definition) is 8. The first-order chi connectivity index (χ1) is 32.2. The lowest BCUT2D eigenvalue weighted by molar-refractivity contribution is 0.129. The smallest absolute Gasteiger partial charge is 0.128 e. The van der Waals surface area contributed by atoms with Crippen LogP contribution in [-0.2, 0) is 45.4 Å². The van der Waals surface area contributed by atoms with Crippen molar-refractivity contribution >= 4 is 0 Å². The maximum Gasteiger partial charge on any atom is 0.128 e. The summed E-state index contributed by atoms with van der Waals surface area (Å²) in [4.78, 5) is 0. The van der Waals surface area contributed by atoms with Crippen molar-refractivity contribution in [1.82, 2.24) is 0 Å². The fraction of sp³-hybridized carbons (Fsp3) is 0.571. The Morgan fingerprint density at radius 2 is 0.456 bits per heavy atom. The summed E-state index contributed by atoms with van der Waals surface area (Å²) in [5.74, 6) is -4.66. The molecule has 12 nitrogen and oxygen atoms in total. The Bertz CT molecular complexity index is 1910. The predicted molar refractivity (Wildman–Crippen MR) is 266 cm³/mol. The molecule has 12 heteroatoms.